The van der Waals surface area contributed by atoms with Gasteiger partial charge in [-0.15, -0.1) is 0 Å². The fourth-order valence-corrected chi connectivity index (χ4v) is 2.01. The molecule has 6 nitrogen and oxygen atoms in total. The van der Waals surface area contributed by atoms with Crippen LogP contribution in [0.1, 0.15) is 6.42 Å². The lowest BCUT2D eigenvalue weighted by Crippen LogP contribution is -2.49. The van der Waals surface area contributed by atoms with Gasteiger partial charge >= 0.3 is 6.03 Å². The Hall–Kier alpha value is -2.24. The minimum Gasteiger partial charge on any atom is -0.486 e. The van der Waals surface area contributed by atoms with E-state index in [0.29, 0.717) is 43.4 Å². The molecule has 0 unspecified atom stereocenters. The Bertz CT molecular complexity index is 515. The quantitative estimate of drug-likeness (QED) is 0.802. The SMILES string of the molecule is O=C1CCN(c2ccc3c(c2)OCCO3)C(=O)N1. The number of hydrogen-bond donors (Lipinski definition) is 1. The van der Waals surface area contributed by atoms with E-state index >= 15 is 0 Å². The molecule has 1 fully saturated rings. The Kier molecular flexibility index (Phi) is 2.55. The van der Waals surface area contributed by atoms with Gasteiger partial charge in [0.15, 0.2) is 11.5 Å². The van der Waals surface area contributed by atoms with E-state index in [2.05, 4.69) is 5.32 Å². The molecule has 6 heteroatoms. The van der Waals surface area contributed by atoms with Crippen LogP contribution >= 0.6 is 0 Å². The van der Waals surface area contributed by atoms with Gasteiger partial charge in [0, 0.05) is 24.7 Å². The third-order valence-electron chi connectivity index (χ3n) is 2.89. The standard InChI is InChI=1S/C12H12N2O4/c15-11-3-4-14(12(16)13-11)8-1-2-9-10(7-8)18-6-5-17-9/h1-2,7H,3-6H2,(H,13,15,16). The van der Waals surface area contributed by atoms with Gasteiger partial charge in [0.1, 0.15) is 13.2 Å². The van der Waals surface area contributed by atoms with Gasteiger partial charge in [0.25, 0.3) is 0 Å². The zero-order chi connectivity index (χ0) is 12.5. The van der Waals surface area contributed by atoms with Crippen LogP contribution in [-0.4, -0.2) is 31.7 Å². The molecule has 0 saturated carbocycles. The highest BCUT2D eigenvalue weighted by Crippen LogP contribution is 2.34. The van der Waals surface area contributed by atoms with Crippen LogP contribution in [-0.2, 0) is 4.79 Å². The molecular weight excluding hydrogens is 236 g/mol. The zero-order valence-electron chi connectivity index (χ0n) is 9.64. The van der Waals surface area contributed by atoms with Crippen LogP contribution in [0.3, 0.4) is 0 Å². The Morgan fingerprint density at radius 1 is 1.11 bits per heavy atom. The molecule has 2 aliphatic rings. The second-order valence-electron chi connectivity index (χ2n) is 4.08. The first-order chi connectivity index (χ1) is 8.74. The number of anilines is 1. The maximum absolute atomic E-state index is 11.7. The van der Waals surface area contributed by atoms with Gasteiger partial charge in [0.05, 0.1) is 0 Å². The van der Waals surface area contributed by atoms with Gasteiger partial charge in [-0.25, -0.2) is 4.79 Å². The number of ether oxygens (including phenoxy) is 2. The monoisotopic (exact) mass is 248 g/mol. The fourth-order valence-electron chi connectivity index (χ4n) is 2.01. The summed E-state index contributed by atoms with van der Waals surface area (Å²) in [7, 11) is 0. The number of rotatable bonds is 1. The molecule has 0 aromatic heterocycles. The average molecular weight is 248 g/mol. The Morgan fingerprint density at radius 2 is 1.89 bits per heavy atom. The van der Waals surface area contributed by atoms with Crippen molar-refractivity contribution in [2.45, 2.75) is 6.42 Å². The van der Waals surface area contributed by atoms with Gasteiger partial charge in [-0.2, -0.15) is 0 Å². The molecule has 1 N–H and O–H groups in total. The molecule has 2 heterocycles. The number of carbonyl (C=O) groups is 2. The minimum absolute atomic E-state index is 0.242. The van der Waals surface area contributed by atoms with Crippen LogP contribution in [0, 0.1) is 0 Å². The first-order valence-electron chi connectivity index (χ1n) is 5.75. The van der Waals surface area contributed by atoms with E-state index in [-0.39, 0.29) is 5.91 Å². The van der Waals surface area contributed by atoms with Gasteiger partial charge in [-0.3, -0.25) is 15.0 Å². The highest BCUT2D eigenvalue weighted by molar-refractivity contribution is 6.05. The maximum atomic E-state index is 11.7. The Labute approximate surface area is 103 Å². The minimum atomic E-state index is -0.400. The summed E-state index contributed by atoms with van der Waals surface area (Å²) < 4.78 is 10.9. The van der Waals surface area contributed by atoms with E-state index < -0.39 is 6.03 Å². The predicted molar refractivity (Wildman–Crippen MR) is 62.9 cm³/mol. The summed E-state index contributed by atoms with van der Waals surface area (Å²) in [5.41, 5.74) is 0.698. The number of amides is 3. The molecule has 3 rings (SSSR count). The maximum Gasteiger partial charge on any atom is 0.328 e. The van der Waals surface area contributed by atoms with Crippen molar-refractivity contribution in [3.05, 3.63) is 18.2 Å². The van der Waals surface area contributed by atoms with Crippen LogP contribution in [0.5, 0.6) is 11.5 Å². The van der Waals surface area contributed by atoms with E-state index in [4.69, 9.17) is 9.47 Å². The van der Waals surface area contributed by atoms with Gasteiger partial charge in [0.2, 0.25) is 5.91 Å². The van der Waals surface area contributed by atoms with E-state index in [0.717, 1.165) is 0 Å². The number of benzene rings is 1. The van der Waals surface area contributed by atoms with Gasteiger partial charge < -0.3 is 9.47 Å². The third-order valence-corrected chi connectivity index (χ3v) is 2.89. The second-order valence-corrected chi connectivity index (χ2v) is 4.08. The van der Waals surface area contributed by atoms with Crippen molar-refractivity contribution >= 4 is 17.6 Å². The van der Waals surface area contributed by atoms with Crippen molar-refractivity contribution < 1.29 is 19.1 Å². The molecule has 1 saturated heterocycles. The Balaban J connectivity index is 1.88. The number of nitrogens with zero attached hydrogens (tertiary/aromatic N) is 1. The van der Waals surface area contributed by atoms with Crippen LogP contribution in [0.2, 0.25) is 0 Å². The number of carbonyl (C=O) groups excluding carboxylic acids is 2. The molecule has 0 bridgehead atoms. The van der Waals surface area contributed by atoms with Crippen molar-refractivity contribution in [3.63, 3.8) is 0 Å². The molecule has 3 amide bonds. The highest BCUT2D eigenvalue weighted by atomic mass is 16.6. The summed E-state index contributed by atoms with van der Waals surface area (Å²) in [4.78, 5) is 24.3. The number of nitrogens with one attached hydrogen (secondary N) is 1. The summed E-state index contributed by atoms with van der Waals surface area (Å²) in [6.45, 7) is 1.41. The molecule has 0 radical (unpaired) electrons. The lowest BCUT2D eigenvalue weighted by molar-refractivity contribution is -0.120. The molecular formula is C12H12N2O4. The molecule has 18 heavy (non-hydrogen) atoms. The summed E-state index contributed by atoms with van der Waals surface area (Å²) in [6, 6.07) is 4.91. The fraction of sp³-hybridized carbons (Fsp3) is 0.333. The van der Waals surface area contributed by atoms with E-state index in [1.807, 2.05) is 0 Å². The average Bonchev–Trinajstić information content (AvgIpc) is 2.38. The first kappa shape index (κ1) is 10.9. The number of urea groups is 1. The molecule has 2 aliphatic heterocycles. The molecule has 0 aliphatic carbocycles. The van der Waals surface area contributed by atoms with E-state index in [1.165, 1.54) is 4.90 Å². The Morgan fingerprint density at radius 3 is 2.67 bits per heavy atom. The van der Waals surface area contributed by atoms with Crippen molar-refractivity contribution in [2.24, 2.45) is 0 Å². The molecule has 94 valence electrons. The van der Waals surface area contributed by atoms with E-state index in [9.17, 15) is 9.59 Å². The van der Waals surface area contributed by atoms with Crippen molar-refractivity contribution in [1.82, 2.24) is 5.32 Å². The normalized spacial score (nSPS) is 18.6. The lowest BCUT2D eigenvalue weighted by atomic mass is 10.2. The van der Waals surface area contributed by atoms with Crippen LogP contribution < -0.4 is 19.7 Å². The smallest absolute Gasteiger partial charge is 0.328 e. The third kappa shape index (κ3) is 1.85. The van der Waals surface area contributed by atoms with Crippen LogP contribution in [0.4, 0.5) is 10.5 Å². The predicted octanol–water partition coefficient (Wildman–Crippen LogP) is 0.904. The van der Waals surface area contributed by atoms with Crippen molar-refractivity contribution in [3.8, 4) is 11.5 Å². The summed E-state index contributed by atoms with van der Waals surface area (Å²) >= 11 is 0. The first-order valence-corrected chi connectivity index (χ1v) is 5.75. The van der Waals surface area contributed by atoms with Crippen LogP contribution in [0.25, 0.3) is 0 Å². The highest BCUT2D eigenvalue weighted by Gasteiger charge is 2.25. The lowest BCUT2D eigenvalue weighted by Gasteiger charge is -2.28. The molecule has 1 aromatic carbocycles. The number of hydrogen-bond acceptors (Lipinski definition) is 4. The summed E-state index contributed by atoms with van der Waals surface area (Å²) in [5, 5.41) is 2.28. The van der Waals surface area contributed by atoms with Crippen molar-refractivity contribution in [1.29, 1.82) is 0 Å². The van der Waals surface area contributed by atoms with Gasteiger partial charge in [-0.05, 0) is 12.1 Å². The van der Waals surface area contributed by atoms with E-state index in [1.54, 1.807) is 18.2 Å². The second kappa shape index (κ2) is 4.21. The number of fused-ring (bicyclic) bond motifs is 1. The summed E-state index contributed by atoms with van der Waals surface area (Å²) in [5.74, 6) is 1.07. The van der Waals surface area contributed by atoms with Crippen LogP contribution in [0.15, 0.2) is 18.2 Å². The number of imide groups is 1. The molecule has 0 spiro atoms. The molecule has 1 aromatic rings. The van der Waals surface area contributed by atoms with Gasteiger partial charge in [-0.1, -0.05) is 0 Å². The zero-order valence-corrected chi connectivity index (χ0v) is 9.64. The largest absolute Gasteiger partial charge is 0.486 e. The molecule has 0 atom stereocenters. The topological polar surface area (TPSA) is 67.9 Å². The van der Waals surface area contributed by atoms with Crippen molar-refractivity contribution in [2.75, 3.05) is 24.7 Å². The summed E-state index contributed by atoms with van der Waals surface area (Å²) in [6.07, 6.45) is 0.306.